The third-order valence-electron chi connectivity index (χ3n) is 8.03. The van der Waals surface area contributed by atoms with Gasteiger partial charge in [-0.2, -0.15) is 0 Å². The number of hydrogen-bond donors (Lipinski definition) is 1. The molecule has 7 heteroatoms. The molecule has 0 radical (unpaired) electrons. The van der Waals surface area contributed by atoms with E-state index in [1.807, 2.05) is 58.0 Å². The molecule has 196 valence electrons. The second-order valence-electron chi connectivity index (χ2n) is 10.3. The highest BCUT2D eigenvalue weighted by molar-refractivity contribution is 6.01. The smallest absolute Gasteiger partial charge is 0.255 e. The average molecular weight is 504 g/mol. The molecule has 37 heavy (non-hydrogen) atoms. The van der Waals surface area contributed by atoms with Gasteiger partial charge in [-0.05, 0) is 62.9 Å². The van der Waals surface area contributed by atoms with E-state index in [-0.39, 0.29) is 30.3 Å². The molecule has 1 N–H and O–H groups in total. The maximum absolute atomic E-state index is 14.1. The summed E-state index contributed by atoms with van der Waals surface area (Å²) >= 11 is 0. The molecule has 3 atom stereocenters. The fraction of sp³-hybridized carbons (Fsp3) is 0.467. The lowest BCUT2D eigenvalue weighted by molar-refractivity contribution is -0.168. The van der Waals surface area contributed by atoms with Crippen molar-refractivity contribution in [2.45, 2.75) is 65.0 Å². The first kappa shape index (κ1) is 25.2. The van der Waals surface area contributed by atoms with Gasteiger partial charge in [-0.1, -0.05) is 38.1 Å². The quantitative estimate of drug-likeness (QED) is 0.459. The fourth-order valence-electron chi connectivity index (χ4n) is 5.85. The number of hydrogen-bond acceptors (Lipinski definition) is 4. The van der Waals surface area contributed by atoms with E-state index in [1.165, 1.54) is 0 Å². The van der Waals surface area contributed by atoms with Crippen molar-refractivity contribution < 1.29 is 19.1 Å². The van der Waals surface area contributed by atoms with Crippen LogP contribution in [0.4, 0.5) is 0 Å². The van der Waals surface area contributed by atoms with Crippen LogP contribution in [0, 0.1) is 0 Å². The van der Waals surface area contributed by atoms with Gasteiger partial charge in [0.05, 0.1) is 18.9 Å². The van der Waals surface area contributed by atoms with Crippen LogP contribution in [0.2, 0.25) is 0 Å². The van der Waals surface area contributed by atoms with E-state index in [0.29, 0.717) is 25.5 Å². The number of aromatic nitrogens is 1. The zero-order valence-electron chi connectivity index (χ0n) is 22.5. The van der Waals surface area contributed by atoms with Gasteiger partial charge in [-0.3, -0.25) is 9.59 Å². The van der Waals surface area contributed by atoms with Crippen LogP contribution < -0.4 is 9.47 Å². The first-order chi connectivity index (χ1) is 17.8. The van der Waals surface area contributed by atoms with E-state index in [9.17, 15) is 9.59 Å². The van der Waals surface area contributed by atoms with Crippen LogP contribution in [0.3, 0.4) is 0 Å². The normalized spacial score (nSPS) is 22.1. The number of nitrogens with zero attached hydrogens (tertiary/aromatic N) is 2. The number of carbonyl (C=O) groups excluding carboxylic acids is 2. The van der Waals surface area contributed by atoms with Crippen molar-refractivity contribution in [2.75, 3.05) is 26.3 Å². The van der Waals surface area contributed by atoms with Crippen molar-refractivity contribution in [3.8, 4) is 11.5 Å². The maximum Gasteiger partial charge on any atom is 0.255 e. The number of amides is 2. The number of rotatable bonds is 8. The first-order valence-electron chi connectivity index (χ1n) is 13.5. The highest BCUT2D eigenvalue weighted by atomic mass is 16.5. The lowest BCUT2D eigenvalue weighted by Crippen LogP contribution is -2.68. The molecule has 0 aliphatic carbocycles. The summed E-state index contributed by atoms with van der Waals surface area (Å²) in [5.74, 6) is 1.26. The lowest BCUT2D eigenvalue weighted by Gasteiger charge is -2.52. The Morgan fingerprint density at radius 1 is 1.08 bits per heavy atom. The summed E-state index contributed by atoms with van der Waals surface area (Å²) < 4.78 is 11.9. The van der Waals surface area contributed by atoms with Crippen LogP contribution >= 0.6 is 0 Å². The number of benzene rings is 2. The maximum atomic E-state index is 14.1. The number of nitrogens with one attached hydrogen (secondary N) is 1. The molecule has 1 aromatic heterocycles. The molecule has 1 saturated heterocycles. The zero-order chi connectivity index (χ0) is 26.3. The number of aromatic amines is 1. The van der Waals surface area contributed by atoms with Crippen molar-refractivity contribution >= 4 is 22.7 Å². The molecule has 1 fully saturated rings. The average Bonchev–Trinajstić information content (AvgIpc) is 3.30. The Hall–Kier alpha value is -3.48. The monoisotopic (exact) mass is 503 g/mol. The molecule has 3 heterocycles. The lowest BCUT2D eigenvalue weighted by atomic mass is 9.76. The molecule has 2 amide bonds. The minimum atomic E-state index is -1.09. The molecule has 3 unspecified atom stereocenters. The summed E-state index contributed by atoms with van der Waals surface area (Å²) in [7, 11) is 0. The summed E-state index contributed by atoms with van der Waals surface area (Å²) in [5, 5.41) is 1.08. The van der Waals surface area contributed by atoms with Gasteiger partial charge in [0.15, 0.2) is 17.0 Å². The summed E-state index contributed by atoms with van der Waals surface area (Å²) in [4.78, 5) is 34.8. The molecule has 0 saturated carbocycles. The number of piperazine rings is 1. The molecule has 0 bridgehead atoms. The minimum absolute atomic E-state index is 0.00890. The second-order valence-corrected chi connectivity index (χ2v) is 10.3. The molecule has 0 spiro atoms. The number of fused-ring (bicyclic) bond motifs is 5. The van der Waals surface area contributed by atoms with Crippen molar-refractivity contribution in [1.29, 1.82) is 0 Å². The SMILES string of the molecule is CCCOc1ccc(C2CN3C(=O)CN(C(C)CC)C(=O)C3(C)c3[nH]c4ccccc4c32)cc1OCC. The van der Waals surface area contributed by atoms with E-state index < -0.39 is 5.54 Å². The summed E-state index contributed by atoms with van der Waals surface area (Å²) in [6.45, 7) is 11.7. The molecule has 3 aromatic rings. The third-order valence-corrected chi connectivity index (χ3v) is 8.03. The van der Waals surface area contributed by atoms with Crippen LogP contribution in [-0.4, -0.2) is 58.9 Å². The van der Waals surface area contributed by atoms with Gasteiger partial charge < -0.3 is 24.3 Å². The highest BCUT2D eigenvalue weighted by Gasteiger charge is 2.56. The van der Waals surface area contributed by atoms with E-state index in [1.54, 1.807) is 9.80 Å². The van der Waals surface area contributed by atoms with Gasteiger partial charge in [0, 0.05) is 29.4 Å². The standard InChI is InChI=1S/C30H37N3O4/c1-6-15-37-24-14-13-20(16-25(24)36-8-3)22-17-33-26(34)18-32(19(4)7-2)29(35)30(33,5)28-27(22)21-11-9-10-12-23(21)31-28/h9-14,16,19,22,31H,6-8,15,17-18H2,1-5H3. The summed E-state index contributed by atoms with van der Waals surface area (Å²) in [6, 6.07) is 14.2. The van der Waals surface area contributed by atoms with Gasteiger partial charge in [0.25, 0.3) is 5.91 Å². The van der Waals surface area contributed by atoms with Gasteiger partial charge >= 0.3 is 0 Å². The van der Waals surface area contributed by atoms with E-state index in [2.05, 4.69) is 24.0 Å². The Morgan fingerprint density at radius 3 is 2.59 bits per heavy atom. The predicted molar refractivity (Wildman–Crippen MR) is 144 cm³/mol. The Morgan fingerprint density at radius 2 is 1.86 bits per heavy atom. The molecule has 5 rings (SSSR count). The van der Waals surface area contributed by atoms with Crippen molar-refractivity contribution in [3.63, 3.8) is 0 Å². The van der Waals surface area contributed by atoms with Gasteiger partial charge in [-0.15, -0.1) is 0 Å². The predicted octanol–water partition coefficient (Wildman–Crippen LogP) is 5.19. The number of carbonyl (C=O) groups is 2. The molecule has 2 aromatic carbocycles. The number of H-pyrrole nitrogens is 1. The van der Waals surface area contributed by atoms with Gasteiger partial charge in [0.2, 0.25) is 5.91 Å². The second kappa shape index (κ2) is 9.77. The third kappa shape index (κ3) is 3.95. The Labute approximate surface area is 218 Å². The van der Waals surface area contributed by atoms with Crippen molar-refractivity contribution in [2.24, 2.45) is 0 Å². The van der Waals surface area contributed by atoms with Gasteiger partial charge in [-0.25, -0.2) is 0 Å². The highest BCUT2D eigenvalue weighted by Crippen LogP contribution is 2.49. The van der Waals surface area contributed by atoms with Crippen molar-refractivity contribution in [3.05, 3.63) is 59.3 Å². The Kier molecular flexibility index (Phi) is 6.65. The first-order valence-corrected chi connectivity index (χ1v) is 13.5. The molecule has 2 aliphatic heterocycles. The number of para-hydroxylation sites is 1. The summed E-state index contributed by atoms with van der Waals surface area (Å²) in [5.41, 5.74) is 2.79. The van der Waals surface area contributed by atoms with Crippen LogP contribution in [-0.2, 0) is 15.1 Å². The molecule has 2 aliphatic rings. The number of ether oxygens (including phenoxy) is 2. The molecular formula is C30H37N3O4. The topological polar surface area (TPSA) is 74.9 Å². The van der Waals surface area contributed by atoms with Crippen LogP contribution in [0.1, 0.15) is 70.2 Å². The Bertz CT molecular complexity index is 1330. The van der Waals surface area contributed by atoms with Gasteiger partial charge in [0.1, 0.15) is 6.54 Å². The van der Waals surface area contributed by atoms with E-state index in [4.69, 9.17) is 9.47 Å². The molecule has 7 nitrogen and oxygen atoms in total. The van der Waals surface area contributed by atoms with Crippen molar-refractivity contribution in [1.82, 2.24) is 14.8 Å². The Balaban J connectivity index is 1.69. The molecular weight excluding hydrogens is 466 g/mol. The largest absolute Gasteiger partial charge is 0.490 e. The zero-order valence-corrected chi connectivity index (χ0v) is 22.5. The van der Waals surface area contributed by atoms with E-state index in [0.717, 1.165) is 46.3 Å². The van der Waals surface area contributed by atoms with Crippen LogP contribution in [0.25, 0.3) is 10.9 Å². The van der Waals surface area contributed by atoms with Crippen LogP contribution in [0.5, 0.6) is 11.5 Å². The van der Waals surface area contributed by atoms with Crippen LogP contribution in [0.15, 0.2) is 42.5 Å². The fourth-order valence-corrected chi connectivity index (χ4v) is 5.85. The summed E-state index contributed by atoms with van der Waals surface area (Å²) in [6.07, 6.45) is 1.70. The van der Waals surface area contributed by atoms with E-state index >= 15 is 0 Å². The minimum Gasteiger partial charge on any atom is -0.490 e.